The second kappa shape index (κ2) is 5.05. The molecule has 1 fully saturated rings. The first-order valence-electron chi connectivity index (χ1n) is 5.20. The lowest BCUT2D eigenvalue weighted by Gasteiger charge is -2.34. The topological polar surface area (TPSA) is 83.6 Å². The summed E-state index contributed by atoms with van der Waals surface area (Å²) in [5.41, 5.74) is 5.17. The summed E-state index contributed by atoms with van der Waals surface area (Å²) in [6, 6.07) is -0.700. The van der Waals surface area contributed by atoms with Crippen LogP contribution in [0.1, 0.15) is 20.3 Å². The molecule has 1 rings (SSSR count). The number of rotatable bonds is 3. The Morgan fingerprint density at radius 2 is 2.19 bits per heavy atom. The van der Waals surface area contributed by atoms with Crippen molar-refractivity contribution in [2.75, 3.05) is 18.1 Å². The van der Waals surface area contributed by atoms with Crippen LogP contribution in [0.2, 0.25) is 0 Å². The van der Waals surface area contributed by atoms with E-state index in [9.17, 15) is 9.59 Å². The summed E-state index contributed by atoms with van der Waals surface area (Å²) in [5, 5.41) is 9.02. The number of nitrogens with zero attached hydrogens (tertiary/aromatic N) is 1. The van der Waals surface area contributed by atoms with Gasteiger partial charge < -0.3 is 15.7 Å². The van der Waals surface area contributed by atoms with Gasteiger partial charge in [0.05, 0.1) is 0 Å². The maximum absolute atomic E-state index is 11.9. The predicted molar refractivity (Wildman–Crippen MR) is 63.3 cm³/mol. The van der Waals surface area contributed by atoms with E-state index in [0.717, 1.165) is 5.75 Å². The first-order chi connectivity index (χ1) is 7.31. The number of carbonyl (C=O) groups is 2. The molecule has 0 bridgehead atoms. The zero-order chi connectivity index (χ0) is 12.3. The number of thioether (sulfide) groups is 1. The highest BCUT2D eigenvalue weighted by Gasteiger charge is 2.33. The highest BCUT2D eigenvalue weighted by atomic mass is 32.2. The van der Waals surface area contributed by atoms with E-state index in [1.54, 1.807) is 25.6 Å². The van der Waals surface area contributed by atoms with Gasteiger partial charge in [-0.05, 0) is 13.8 Å². The molecule has 0 aliphatic carbocycles. The van der Waals surface area contributed by atoms with Crippen molar-refractivity contribution < 1.29 is 14.7 Å². The first kappa shape index (κ1) is 13.3. The number of carboxylic acids is 1. The van der Waals surface area contributed by atoms with Crippen molar-refractivity contribution >= 4 is 23.6 Å². The van der Waals surface area contributed by atoms with Crippen LogP contribution in [0, 0.1) is 0 Å². The van der Waals surface area contributed by atoms with E-state index in [-0.39, 0.29) is 12.3 Å². The molecule has 5 nitrogen and oxygen atoms in total. The fraction of sp³-hybridized carbons (Fsp3) is 0.800. The molecule has 1 unspecified atom stereocenters. The summed E-state index contributed by atoms with van der Waals surface area (Å²) in [6.07, 6.45) is 0.182. The molecule has 3 N–H and O–H groups in total. The number of hydrogen-bond donors (Lipinski definition) is 2. The molecule has 0 saturated carbocycles. The van der Waals surface area contributed by atoms with E-state index in [4.69, 9.17) is 10.8 Å². The molecule has 1 atom stereocenters. The van der Waals surface area contributed by atoms with Crippen molar-refractivity contribution in [3.8, 4) is 0 Å². The molecule has 92 valence electrons. The van der Waals surface area contributed by atoms with Crippen LogP contribution in [0.15, 0.2) is 0 Å². The zero-order valence-corrected chi connectivity index (χ0v) is 10.4. The quantitative estimate of drug-likeness (QED) is 0.740. The molecule has 1 aliphatic heterocycles. The van der Waals surface area contributed by atoms with Gasteiger partial charge in [0.2, 0.25) is 5.91 Å². The van der Waals surface area contributed by atoms with E-state index < -0.39 is 17.6 Å². The summed E-state index contributed by atoms with van der Waals surface area (Å²) in [7, 11) is 0. The van der Waals surface area contributed by atoms with Gasteiger partial charge in [-0.15, -0.1) is 0 Å². The number of nitrogens with two attached hydrogens (primary N) is 1. The molecule has 0 aromatic rings. The Balaban J connectivity index is 2.68. The Morgan fingerprint density at radius 3 is 2.69 bits per heavy atom. The molecule has 0 aromatic carbocycles. The molecular weight excluding hydrogens is 228 g/mol. The summed E-state index contributed by atoms with van der Waals surface area (Å²) in [6.45, 7) is 4.02. The van der Waals surface area contributed by atoms with Crippen LogP contribution in [0.4, 0.5) is 0 Å². The number of aliphatic carboxylic acids is 1. The number of amides is 1. The monoisotopic (exact) mass is 246 g/mol. The van der Waals surface area contributed by atoms with Crippen LogP contribution in [0.3, 0.4) is 0 Å². The maximum atomic E-state index is 11.9. The lowest BCUT2D eigenvalue weighted by atomic mass is 10.0. The lowest BCUT2D eigenvalue weighted by molar-refractivity contribution is -0.149. The van der Waals surface area contributed by atoms with E-state index in [2.05, 4.69) is 0 Å². The second-order valence-electron chi connectivity index (χ2n) is 4.68. The fourth-order valence-corrected chi connectivity index (χ4v) is 2.64. The van der Waals surface area contributed by atoms with Gasteiger partial charge in [-0.2, -0.15) is 11.8 Å². The van der Waals surface area contributed by atoms with Crippen molar-refractivity contribution in [2.45, 2.75) is 31.8 Å². The Morgan fingerprint density at radius 1 is 1.56 bits per heavy atom. The van der Waals surface area contributed by atoms with Gasteiger partial charge in [0, 0.05) is 30.0 Å². The average Bonchev–Trinajstić information content (AvgIpc) is 2.15. The van der Waals surface area contributed by atoms with Gasteiger partial charge >= 0.3 is 5.97 Å². The Hall–Kier alpha value is -0.750. The van der Waals surface area contributed by atoms with Gasteiger partial charge in [0.15, 0.2) is 0 Å². The van der Waals surface area contributed by atoms with E-state index in [0.29, 0.717) is 12.3 Å². The lowest BCUT2D eigenvalue weighted by Crippen LogP contribution is -2.52. The second-order valence-corrected chi connectivity index (χ2v) is 5.83. The minimum atomic E-state index is -0.935. The van der Waals surface area contributed by atoms with Crippen LogP contribution in [0.5, 0.6) is 0 Å². The highest BCUT2D eigenvalue weighted by Crippen LogP contribution is 2.19. The zero-order valence-electron chi connectivity index (χ0n) is 9.60. The first-order valence-corrected chi connectivity index (χ1v) is 6.35. The average molecular weight is 246 g/mol. The number of carboxylic acid groups (broad SMARTS) is 1. The number of carbonyl (C=O) groups excluding carboxylic acids is 1. The third-order valence-electron chi connectivity index (χ3n) is 2.34. The molecular formula is C10H18N2O3S. The highest BCUT2D eigenvalue weighted by molar-refractivity contribution is 7.99. The fourth-order valence-electron chi connectivity index (χ4n) is 1.60. The Labute approximate surface area is 99.4 Å². The molecule has 0 aromatic heterocycles. The summed E-state index contributed by atoms with van der Waals surface area (Å²) in [5.74, 6) is 0.155. The third-order valence-corrected chi connectivity index (χ3v) is 3.36. The number of hydrogen-bond acceptors (Lipinski definition) is 4. The standard InChI is InChI=1S/C10H18N2O3S/c1-10(2,11)5-8(13)12-3-4-16-6-7(12)9(14)15/h7H,3-6,11H2,1-2H3,(H,14,15). The molecule has 0 spiro atoms. The van der Waals surface area contributed by atoms with Gasteiger partial charge in [0.1, 0.15) is 6.04 Å². The normalized spacial score (nSPS) is 21.9. The van der Waals surface area contributed by atoms with Crippen LogP contribution in [0.25, 0.3) is 0 Å². The minimum Gasteiger partial charge on any atom is -0.480 e. The van der Waals surface area contributed by atoms with Crippen LogP contribution in [-0.4, -0.2) is 51.5 Å². The minimum absolute atomic E-state index is 0.166. The van der Waals surface area contributed by atoms with Crippen molar-refractivity contribution in [2.24, 2.45) is 5.73 Å². The SMILES string of the molecule is CC(C)(N)CC(=O)N1CCSCC1C(=O)O. The predicted octanol–water partition coefficient (Wildman–Crippen LogP) is 0.142. The van der Waals surface area contributed by atoms with Gasteiger partial charge in [-0.3, -0.25) is 4.79 Å². The summed E-state index contributed by atoms with van der Waals surface area (Å²) < 4.78 is 0. The largest absolute Gasteiger partial charge is 0.480 e. The van der Waals surface area contributed by atoms with Crippen LogP contribution in [-0.2, 0) is 9.59 Å². The van der Waals surface area contributed by atoms with E-state index in [1.165, 1.54) is 4.90 Å². The molecule has 1 heterocycles. The molecule has 0 radical (unpaired) electrons. The van der Waals surface area contributed by atoms with E-state index >= 15 is 0 Å². The van der Waals surface area contributed by atoms with Gasteiger partial charge in [0.25, 0.3) is 0 Å². The van der Waals surface area contributed by atoms with Gasteiger partial charge in [-0.1, -0.05) is 0 Å². The van der Waals surface area contributed by atoms with Crippen LogP contribution < -0.4 is 5.73 Å². The molecule has 6 heteroatoms. The van der Waals surface area contributed by atoms with Gasteiger partial charge in [-0.25, -0.2) is 4.79 Å². The molecule has 1 saturated heterocycles. The maximum Gasteiger partial charge on any atom is 0.327 e. The third kappa shape index (κ3) is 3.68. The summed E-state index contributed by atoms with van der Waals surface area (Å²) >= 11 is 1.56. The Kier molecular flexibility index (Phi) is 4.21. The molecule has 16 heavy (non-hydrogen) atoms. The Bertz CT molecular complexity index is 288. The van der Waals surface area contributed by atoms with Crippen molar-refractivity contribution in [3.05, 3.63) is 0 Å². The van der Waals surface area contributed by atoms with Crippen LogP contribution >= 0.6 is 11.8 Å². The van der Waals surface area contributed by atoms with Crippen molar-refractivity contribution in [3.63, 3.8) is 0 Å². The molecule has 1 amide bonds. The van der Waals surface area contributed by atoms with Crippen molar-refractivity contribution in [1.82, 2.24) is 4.90 Å². The smallest absolute Gasteiger partial charge is 0.327 e. The summed E-state index contributed by atoms with van der Waals surface area (Å²) in [4.78, 5) is 24.3. The van der Waals surface area contributed by atoms with Crippen molar-refractivity contribution in [1.29, 1.82) is 0 Å². The van der Waals surface area contributed by atoms with E-state index in [1.807, 2.05) is 0 Å². The molecule has 1 aliphatic rings.